The molecule has 0 atom stereocenters. The number of para-hydroxylation sites is 1. The lowest BCUT2D eigenvalue weighted by Gasteiger charge is -2.17. The highest BCUT2D eigenvalue weighted by atomic mass is 16.1. The Hall–Kier alpha value is -3.58. The molecule has 1 amide bonds. The summed E-state index contributed by atoms with van der Waals surface area (Å²) in [6.07, 6.45) is 2.61. The molecule has 152 valence electrons. The summed E-state index contributed by atoms with van der Waals surface area (Å²) < 4.78 is 2.22. The van der Waals surface area contributed by atoms with Crippen LogP contribution in [0, 0.1) is 39.0 Å². The second kappa shape index (κ2) is 8.84. The molecule has 4 heteroatoms. The van der Waals surface area contributed by atoms with Crippen LogP contribution in [0.2, 0.25) is 0 Å². The highest BCUT2D eigenvalue weighted by Crippen LogP contribution is 2.28. The number of amides is 1. The third kappa shape index (κ3) is 4.21. The van der Waals surface area contributed by atoms with Gasteiger partial charge in [0.15, 0.2) is 0 Å². The molecule has 0 spiro atoms. The predicted molar refractivity (Wildman–Crippen MR) is 123 cm³/mol. The monoisotopic (exact) mass is 397 g/mol. The third-order valence-corrected chi connectivity index (χ3v) is 5.37. The van der Waals surface area contributed by atoms with E-state index in [9.17, 15) is 10.1 Å². The molecule has 3 rings (SSSR count). The minimum absolute atomic E-state index is 0.0799. The number of hydrogen-bond acceptors (Lipinski definition) is 2. The average Bonchev–Trinajstić information content (AvgIpc) is 3.00. The molecule has 1 aromatic heterocycles. The highest BCUT2D eigenvalue weighted by molar-refractivity contribution is 6.09. The van der Waals surface area contributed by atoms with Gasteiger partial charge in [-0.1, -0.05) is 42.8 Å². The Kier molecular flexibility index (Phi) is 6.23. The van der Waals surface area contributed by atoms with Crippen molar-refractivity contribution in [3.8, 4) is 11.8 Å². The van der Waals surface area contributed by atoms with E-state index in [1.165, 1.54) is 16.8 Å². The van der Waals surface area contributed by atoms with E-state index in [-0.39, 0.29) is 5.57 Å². The van der Waals surface area contributed by atoms with Gasteiger partial charge in [-0.3, -0.25) is 4.79 Å². The van der Waals surface area contributed by atoms with Crippen molar-refractivity contribution in [1.82, 2.24) is 4.57 Å². The number of carbonyl (C=O) groups is 1. The number of aryl methyl sites for hydroxylation is 4. The largest absolute Gasteiger partial charge is 0.321 e. The fourth-order valence-electron chi connectivity index (χ4n) is 3.74. The van der Waals surface area contributed by atoms with E-state index in [1.807, 2.05) is 44.2 Å². The van der Waals surface area contributed by atoms with E-state index in [2.05, 4.69) is 54.9 Å². The average molecular weight is 398 g/mol. The number of hydrogen-bond donors (Lipinski definition) is 1. The molecule has 0 fully saturated rings. The van der Waals surface area contributed by atoms with Crippen LogP contribution in [0.5, 0.6) is 0 Å². The first kappa shape index (κ1) is 21.1. The maximum atomic E-state index is 12.7. The fraction of sp³-hybridized carbons (Fsp3) is 0.231. The van der Waals surface area contributed by atoms with Gasteiger partial charge in [0.25, 0.3) is 5.91 Å². The van der Waals surface area contributed by atoms with Gasteiger partial charge in [-0.05, 0) is 75.1 Å². The van der Waals surface area contributed by atoms with Crippen LogP contribution in [0.4, 0.5) is 5.69 Å². The van der Waals surface area contributed by atoms with Crippen LogP contribution in [-0.4, -0.2) is 10.5 Å². The summed E-state index contributed by atoms with van der Waals surface area (Å²) in [5, 5.41) is 12.4. The zero-order valence-electron chi connectivity index (χ0n) is 18.2. The number of rotatable bonds is 5. The molecule has 2 aromatic carbocycles. The summed E-state index contributed by atoms with van der Waals surface area (Å²) in [6, 6.07) is 17.9. The minimum Gasteiger partial charge on any atom is -0.321 e. The molecule has 0 unspecified atom stereocenters. The molecule has 0 saturated heterocycles. The van der Waals surface area contributed by atoms with Gasteiger partial charge in [0, 0.05) is 17.1 Å². The van der Waals surface area contributed by atoms with Crippen molar-refractivity contribution in [2.45, 2.75) is 41.0 Å². The van der Waals surface area contributed by atoms with Crippen LogP contribution in [0.25, 0.3) is 11.8 Å². The normalized spacial score (nSPS) is 11.3. The van der Waals surface area contributed by atoms with Crippen LogP contribution in [0.15, 0.2) is 54.1 Å². The second-order valence-electron chi connectivity index (χ2n) is 7.59. The van der Waals surface area contributed by atoms with Crippen LogP contribution >= 0.6 is 0 Å². The molecule has 0 aliphatic rings. The van der Waals surface area contributed by atoms with Gasteiger partial charge in [0.2, 0.25) is 0 Å². The molecular weight excluding hydrogens is 370 g/mol. The number of nitrogens with zero attached hydrogens (tertiary/aromatic N) is 2. The van der Waals surface area contributed by atoms with Gasteiger partial charge in [-0.25, -0.2) is 0 Å². The van der Waals surface area contributed by atoms with Crippen LogP contribution in [-0.2, 0) is 11.2 Å². The van der Waals surface area contributed by atoms with Crippen LogP contribution in [0.3, 0.4) is 0 Å². The summed E-state index contributed by atoms with van der Waals surface area (Å²) in [5.41, 5.74) is 8.45. The quantitative estimate of drug-likeness (QED) is 0.436. The maximum Gasteiger partial charge on any atom is 0.266 e. The van der Waals surface area contributed by atoms with Gasteiger partial charge in [0.05, 0.1) is 5.69 Å². The summed E-state index contributed by atoms with van der Waals surface area (Å²) >= 11 is 0. The van der Waals surface area contributed by atoms with Gasteiger partial charge in [-0.15, -0.1) is 0 Å². The molecule has 4 nitrogen and oxygen atoms in total. The Labute approximate surface area is 178 Å². The van der Waals surface area contributed by atoms with E-state index >= 15 is 0 Å². The highest BCUT2D eigenvalue weighted by Gasteiger charge is 2.16. The van der Waals surface area contributed by atoms with Gasteiger partial charge >= 0.3 is 0 Å². The summed E-state index contributed by atoms with van der Waals surface area (Å²) in [7, 11) is 0. The maximum absolute atomic E-state index is 12.7. The first-order chi connectivity index (χ1) is 14.3. The van der Waals surface area contributed by atoms with Crippen molar-refractivity contribution >= 4 is 17.7 Å². The lowest BCUT2D eigenvalue weighted by molar-refractivity contribution is -0.112. The first-order valence-electron chi connectivity index (χ1n) is 10.1. The van der Waals surface area contributed by atoms with Crippen LogP contribution < -0.4 is 5.32 Å². The Bertz CT molecular complexity index is 1160. The number of anilines is 1. The molecule has 0 aliphatic carbocycles. The predicted octanol–water partition coefficient (Wildman–Crippen LogP) is 5.82. The van der Waals surface area contributed by atoms with Crippen molar-refractivity contribution in [1.29, 1.82) is 5.26 Å². The Morgan fingerprint density at radius 2 is 1.80 bits per heavy atom. The summed E-state index contributed by atoms with van der Waals surface area (Å²) in [6.45, 7) is 10.3. The Balaban J connectivity index is 1.99. The van der Waals surface area contributed by atoms with E-state index in [1.54, 1.807) is 6.08 Å². The number of nitriles is 1. The number of nitrogens with one attached hydrogen (secondary N) is 1. The van der Waals surface area contributed by atoms with Crippen molar-refractivity contribution in [2.24, 2.45) is 0 Å². The van der Waals surface area contributed by atoms with Gasteiger partial charge < -0.3 is 9.88 Å². The molecule has 0 saturated carbocycles. The fourth-order valence-corrected chi connectivity index (χ4v) is 3.74. The molecular formula is C26H27N3O. The molecule has 0 bridgehead atoms. The van der Waals surface area contributed by atoms with Crippen molar-refractivity contribution < 1.29 is 4.79 Å². The standard InChI is InChI=1S/C26H27N3O/c1-6-21-9-7-8-18(3)25(21)29-19(4)14-22(20(29)5)15-23(16-27)26(30)28-24-12-10-17(2)11-13-24/h7-15H,6H2,1-5H3,(H,28,30)/b23-15+. The lowest BCUT2D eigenvalue weighted by Crippen LogP contribution is -2.13. The number of benzene rings is 2. The Morgan fingerprint density at radius 1 is 1.10 bits per heavy atom. The number of aromatic nitrogens is 1. The smallest absolute Gasteiger partial charge is 0.266 e. The van der Waals surface area contributed by atoms with E-state index in [0.29, 0.717) is 5.69 Å². The van der Waals surface area contributed by atoms with Gasteiger partial charge in [0.1, 0.15) is 11.6 Å². The van der Waals surface area contributed by atoms with Crippen molar-refractivity contribution in [2.75, 3.05) is 5.32 Å². The summed E-state index contributed by atoms with van der Waals surface area (Å²) in [5.74, 6) is -0.406. The zero-order valence-corrected chi connectivity index (χ0v) is 18.2. The minimum atomic E-state index is -0.406. The lowest BCUT2D eigenvalue weighted by atomic mass is 10.1. The molecule has 3 aromatic rings. The topological polar surface area (TPSA) is 57.8 Å². The van der Waals surface area contributed by atoms with Crippen LogP contribution in [0.1, 0.15) is 40.6 Å². The summed E-state index contributed by atoms with van der Waals surface area (Å²) in [4.78, 5) is 12.7. The van der Waals surface area contributed by atoms with E-state index in [0.717, 1.165) is 28.9 Å². The van der Waals surface area contributed by atoms with Crippen molar-refractivity contribution in [3.63, 3.8) is 0 Å². The SMILES string of the molecule is CCc1cccc(C)c1-n1c(C)cc(/C=C(\C#N)C(=O)Nc2ccc(C)cc2)c1C. The molecule has 30 heavy (non-hydrogen) atoms. The Morgan fingerprint density at radius 3 is 2.43 bits per heavy atom. The third-order valence-electron chi connectivity index (χ3n) is 5.37. The zero-order chi connectivity index (χ0) is 21.8. The number of carbonyl (C=O) groups excluding carboxylic acids is 1. The van der Waals surface area contributed by atoms with E-state index < -0.39 is 5.91 Å². The molecule has 1 N–H and O–H groups in total. The van der Waals surface area contributed by atoms with E-state index in [4.69, 9.17) is 0 Å². The molecule has 0 radical (unpaired) electrons. The molecule has 0 aliphatic heterocycles. The molecule has 1 heterocycles. The van der Waals surface area contributed by atoms with Crippen molar-refractivity contribution in [3.05, 3.63) is 87.7 Å². The second-order valence-corrected chi connectivity index (χ2v) is 7.59. The van der Waals surface area contributed by atoms with Gasteiger partial charge in [-0.2, -0.15) is 5.26 Å². The first-order valence-corrected chi connectivity index (χ1v) is 10.1.